The van der Waals surface area contributed by atoms with E-state index in [-0.39, 0.29) is 35.0 Å². The first-order valence-corrected chi connectivity index (χ1v) is 12.3. The van der Waals surface area contributed by atoms with E-state index in [1.165, 1.54) is 60.5 Å². The lowest BCUT2D eigenvalue weighted by atomic mass is 9.79. The first-order valence-electron chi connectivity index (χ1n) is 12.3. The van der Waals surface area contributed by atoms with Gasteiger partial charge in [0.25, 0.3) is 0 Å². The van der Waals surface area contributed by atoms with E-state index in [2.05, 4.69) is 68.0 Å². The summed E-state index contributed by atoms with van der Waals surface area (Å²) in [4.78, 5) is 14.0. The normalized spacial score (nSPS) is 16.2. The Kier molecular flexibility index (Phi) is 10.8. The zero-order valence-electron chi connectivity index (χ0n) is 20.6. The number of hydrogen-bond donors (Lipinski definition) is 0. The highest BCUT2D eigenvalue weighted by molar-refractivity contribution is 8.93. The fourth-order valence-corrected chi connectivity index (χ4v) is 5.10. The van der Waals surface area contributed by atoms with Gasteiger partial charge in [0.1, 0.15) is 0 Å². The maximum atomic E-state index is 11.4. The molecule has 0 saturated heterocycles. The Morgan fingerprint density at radius 1 is 1.00 bits per heavy atom. The molecular weight excluding hydrogens is 474 g/mol. The predicted octanol–water partition coefficient (Wildman–Crippen LogP) is 7.59. The minimum atomic E-state index is -0.170. The van der Waals surface area contributed by atoms with E-state index in [0.29, 0.717) is 12.5 Å². The van der Waals surface area contributed by atoms with Crippen molar-refractivity contribution in [2.24, 2.45) is 0 Å². The SMILES string of the molecule is Br.C#CCOC(=O)CCCCCCCCCCN1c2ccc3ccccc3c2C(C)(C)C1C. The van der Waals surface area contributed by atoms with Gasteiger partial charge in [0.2, 0.25) is 0 Å². The molecule has 2 aromatic rings. The molecule has 3 nitrogen and oxygen atoms in total. The lowest BCUT2D eigenvalue weighted by molar-refractivity contribution is -0.142. The van der Waals surface area contributed by atoms with Crippen LogP contribution in [0.2, 0.25) is 0 Å². The van der Waals surface area contributed by atoms with Crippen molar-refractivity contribution in [3.63, 3.8) is 0 Å². The number of carbonyl (C=O) groups excluding carboxylic acids is 1. The molecule has 33 heavy (non-hydrogen) atoms. The zero-order valence-corrected chi connectivity index (χ0v) is 22.3. The Labute approximate surface area is 211 Å². The number of hydrogen-bond acceptors (Lipinski definition) is 3. The Morgan fingerprint density at radius 2 is 1.64 bits per heavy atom. The summed E-state index contributed by atoms with van der Waals surface area (Å²) in [6.45, 7) is 8.41. The molecule has 1 heterocycles. The number of unbranched alkanes of at least 4 members (excludes halogenated alkanes) is 7. The van der Waals surface area contributed by atoms with E-state index >= 15 is 0 Å². The minimum absolute atomic E-state index is 0. The van der Waals surface area contributed by atoms with Crippen molar-refractivity contribution in [2.75, 3.05) is 18.1 Å². The Bertz CT molecular complexity index is 946. The summed E-state index contributed by atoms with van der Waals surface area (Å²) in [7, 11) is 0. The molecule has 1 unspecified atom stereocenters. The number of fused-ring (bicyclic) bond motifs is 3. The molecule has 0 radical (unpaired) electrons. The number of ether oxygens (including phenoxy) is 1. The molecule has 2 aromatic carbocycles. The Morgan fingerprint density at radius 3 is 2.33 bits per heavy atom. The molecule has 1 aliphatic heterocycles. The van der Waals surface area contributed by atoms with Gasteiger partial charge in [-0.3, -0.25) is 4.79 Å². The van der Waals surface area contributed by atoms with Gasteiger partial charge >= 0.3 is 5.97 Å². The third-order valence-corrected chi connectivity index (χ3v) is 7.22. The molecule has 0 N–H and O–H groups in total. The zero-order chi connectivity index (χ0) is 23.0. The number of terminal acetylenes is 1. The second kappa shape index (κ2) is 13.0. The number of halogens is 1. The molecule has 0 aliphatic carbocycles. The molecule has 0 fully saturated rings. The van der Waals surface area contributed by atoms with E-state index in [4.69, 9.17) is 11.2 Å². The van der Waals surface area contributed by atoms with Crippen LogP contribution >= 0.6 is 17.0 Å². The van der Waals surface area contributed by atoms with Gasteiger partial charge in [-0.05, 0) is 42.2 Å². The largest absolute Gasteiger partial charge is 0.452 e. The van der Waals surface area contributed by atoms with Gasteiger partial charge < -0.3 is 9.64 Å². The molecule has 0 bridgehead atoms. The van der Waals surface area contributed by atoms with Crippen molar-refractivity contribution < 1.29 is 9.53 Å². The molecule has 3 rings (SSSR count). The van der Waals surface area contributed by atoms with Crippen LogP contribution in [0.5, 0.6) is 0 Å². The molecule has 0 aromatic heterocycles. The van der Waals surface area contributed by atoms with Gasteiger partial charge in [-0.15, -0.1) is 23.4 Å². The number of anilines is 1. The van der Waals surface area contributed by atoms with E-state index in [9.17, 15) is 4.79 Å². The molecule has 4 heteroatoms. The van der Waals surface area contributed by atoms with Crippen LogP contribution in [0, 0.1) is 12.3 Å². The number of carbonyl (C=O) groups is 1. The second-order valence-corrected chi connectivity index (χ2v) is 9.72. The van der Waals surface area contributed by atoms with E-state index < -0.39 is 0 Å². The lowest BCUT2D eigenvalue weighted by Crippen LogP contribution is -2.39. The smallest absolute Gasteiger partial charge is 0.306 e. The molecule has 0 saturated carbocycles. The molecule has 1 aliphatic rings. The fraction of sp³-hybridized carbons (Fsp3) is 0.552. The Hall–Kier alpha value is -1.99. The van der Waals surface area contributed by atoms with Crippen LogP contribution in [0.25, 0.3) is 10.8 Å². The van der Waals surface area contributed by atoms with Gasteiger partial charge in [0, 0.05) is 30.1 Å². The van der Waals surface area contributed by atoms with Crippen molar-refractivity contribution in [1.82, 2.24) is 0 Å². The molecular formula is C29H40BrNO2. The maximum absolute atomic E-state index is 11.4. The van der Waals surface area contributed by atoms with Gasteiger partial charge in [-0.25, -0.2) is 0 Å². The third kappa shape index (κ3) is 6.76. The number of benzene rings is 2. The summed E-state index contributed by atoms with van der Waals surface area (Å²) < 4.78 is 4.89. The highest BCUT2D eigenvalue weighted by Crippen LogP contribution is 2.48. The lowest BCUT2D eigenvalue weighted by Gasteiger charge is -2.31. The van der Waals surface area contributed by atoms with Gasteiger partial charge in [-0.1, -0.05) is 88.6 Å². The average molecular weight is 515 g/mol. The van der Waals surface area contributed by atoms with E-state index in [1.807, 2.05) is 0 Å². The summed E-state index contributed by atoms with van der Waals surface area (Å²) in [5.74, 6) is 2.15. The van der Waals surface area contributed by atoms with Crippen LogP contribution in [0.15, 0.2) is 36.4 Å². The molecule has 180 valence electrons. The molecule has 0 amide bonds. The van der Waals surface area contributed by atoms with Crippen molar-refractivity contribution in [3.05, 3.63) is 42.0 Å². The summed E-state index contributed by atoms with van der Waals surface area (Å²) in [6.07, 6.45) is 15.1. The van der Waals surface area contributed by atoms with Crippen molar-refractivity contribution in [1.29, 1.82) is 0 Å². The third-order valence-electron chi connectivity index (χ3n) is 7.22. The van der Waals surface area contributed by atoms with Crippen LogP contribution in [0.4, 0.5) is 5.69 Å². The molecule has 1 atom stereocenters. The van der Waals surface area contributed by atoms with Crippen molar-refractivity contribution >= 4 is 39.4 Å². The van der Waals surface area contributed by atoms with Crippen LogP contribution < -0.4 is 4.90 Å². The van der Waals surface area contributed by atoms with E-state index in [0.717, 1.165) is 19.4 Å². The summed E-state index contributed by atoms with van der Waals surface area (Å²) in [5.41, 5.74) is 3.11. The van der Waals surface area contributed by atoms with Gasteiger partial charge in [0.15, 0.2) is 6.61 Å². The first kappa shape index (κ1) is 27.3. The summed E-state index contributed by atoms with van der Waals surface area (Å²) >= 11 is 0. The molecule has 0 spiro atoms. The van der Waals surface area contributed by atoms with Crippen LogP contribution in [0.3, 0.4) is 0 Å². The topological polar surface area (TPSA) is 29.5 Å². The summed E-state index contributed by atoms with van der Waals surface area (Å²) in [6, 6.07) is 13.9. The first-order chi connectivity index (χ1) is 15.5. The standard InChI is InChI=1S/C29H39NO2.BrH/c1-5-22-32-27(31)18-12-10-8-6-7-9-11-15-21-30-23(2)29(3,4)28-25-17-14-13-16-24(25)19-20-26(28)30;/h1,13-14,16-17,19-20,23H,6-12,15,18,21-22H2,2-4H3;1H. The summed E-state index contributed by atoms with van der Waals surface area (Å²) in [5, 5.41) is 2.76. The minimum Gasteiger partial charge on any atom is -0.452 e. The number of rotatable bonds is 12. The van der Waals surface area contributed by atoms with E-state index in [1.54, 1.807) is 0 Å². The Balaban J connectivity index is 0.00000385. The van der Waals surface area contributed by atoms with Crippen molar-refractivity contribution in [2.45, 2.75) is 90.0 Å². The van der Waals surface area contributed by atoms with Crippen LogP contribution in [-0.2, 0) is 14.9 Å². The maximum Gasteiger partial charge on any atom is 0.306 e. The van der Waals surface area contributed by atoms with Gasteiger partial charge in [0.05, 0.1) is 0 Å². The highest BCUT2D eigenvalue weighted by Gasteiger charge is 2.42. The predicted molar refractivity (Wildman–Crippen MR) is 145 cm³/mol. The second-order valence-electron chi connectivity index (χ2n) is 9.72. The van der Waals surface area contributed by atoms with Crippen LogP contribution in [-0.4, -0.2) is 25.2 Å². The number of esters is 1. The van der Waals surface area contributed by atoms with Crippen LogP contribution in [0.1, 0.15) is 84.1 Å². The quantitative estimate of drug-likeness (QED) is 0.166. The van der Waals surface area contributed by atoms with Gasteiger partial charge in [-0.2, -0.15) is 0 Å². The fourth-order valence-electron chi connectivity index (χ4n) is 5.10. The van der Waals surface area contributed by atoms with Crippen molar-refractivity contribution in [3.8, 4) is 12.3 Å². The monoisotopic (exact) mass is 513 g/mol. The highest BCUT2D eigenvalue weighted by atomic mass is 79.9. The average Bonchev–Trinajstić information content (AvgIpc) is 2.99. The number of nitrogens with zero attached hydrogens (tertiary/aromatic N) is 1.